The molecule has 0 radical (unpaired) electrons. The zero-order valence-electron chi connectivity index (χ0n) is 9.34. The second-order valence-corrected chi connectivity index (χ2v) is 3.61. The normalized spacial score (nSPS) is 19.2. The quantitative estimate of drug-likeness (QED) is 0.721. The number of amides is 2. The van der Waals surface area contributed by atoms with Crippen molar-refractivity contribution in [2.24, 2.45) is 0 Å². The molecule has 90 valence electrons. The molecule has 6 nitrogen and oxygen atoms in total. The van der Waals surface area contributed by atoms with Crippen molar-refractivity contribution in [3.63, 3.8) is 0 Å². The van der Waals surface area contributed by atoms with Crippen molar-refractivity contribution in [3.8, 4) is 0 Å². The van der Waals surface area contributed by atoms with Gasteiger partial charge in [-0.25, -0.2) is 15.0 Å². The molecule has 0 aromatic heterocycles. The van der Waals surface area contributed by atoms with Crippen LogP contribution in [-0.2, 0) is 9.53 Å². The summed E-state index contributed by atoms with van der Waals surface area (Å²) in [6, 6.07) is 8.21. The number of benzene rings is 1. The smallest absolute Gasteiger partial charge is 0.334 e. The Morgan fingerprint density at radius 1 is 1.41 bits per heavy atom. The van der Waals surface area contributed by atoms with Gasteiger partial charge in [0.05, 0.1) is 19.3 Å². The first kappa shape index (κ1) is 11.3. The van der Waals surface area contributed by atoms with Crippen LogP contribution in [0.4, 0.5) is 10.5 Å². The van der Waals surface area contributed by atoms with E-state index in [2.05, 4.69) is 15.5 Å². The highest BCUT2D eigenvalue weighted by atomic mass is 16.5. The molecule has 1 aromatic rings. The van der Waals surface area contributed by atoms with Crippen LogP contribution < -0.4 is 15.8 Å². The van der Waals surface area contributed by atoms with E-state index >= 15 is 0 Å². The Balaban J connectivity index is 2.14. The molecule has 6 heteroatoms. The van der Waals surface area contributed by atoms with Gasteiger partial charge in [-0.2, -0.15) is 0 Å². The minimum absolute atomic E-state index is 0.322. The van der Waals surface area contributed by atoms with Crippen molar-refractivity contribution in [1.29, 1.82) is 0 Å². The van der Waals surface area contributed by atoms with E-state index in [1.807, 2.05) is 30.3 Å². The number of hydrogen-bond donors (Lipinski definition) is 2. The first-order valence-electron chi connectivity index (χ1n) is 5.18. The lowest BCUT2D eigenvalue weighted by atomic mass is 10.2. The van der Waals surface area contributed by atoms with Crippen LogP contribution in [0.15, 0.2) is 30.3 Å². The standard InChI is InChI=1S/C11H13N3O3/c1-17-10(15)9-7-14(13-11(16)12-9)8-5-3-2-4-6-8/h2-6,9H,7H2,1H3,(H2,12,13,16). The maximum Gasteiger partial charge on any atom is 0.334 e. The number of ether oxygens (including phenoxy) is 1. The summed E-state index contributed by atoms with van der Waals surface area (Å²) in [6.07, 6.45) is 0. The van der Waals surface area contributed by atoms with Crippen LogP contribution in [-0.4, -0.2) is 31.7 Å². The van der Waals surface area contributed by atoms with Crippen molar-refractivity contribution in [2.75, 3.05) is 18.7 Å². The molecule has 2 rings (SSSR count). The number of anilines is 1. The van der Waals surface area contributed by atoms with Gasteiger partial charge >= 0.3 is 12.0 Å². The Labute approximate surface area is 98.5 Å². The number of methoxy groups -OCH3 is 1. The summed E-state index contributed by atoms with van der Waals surface area (Å²) in [5.74, 6) is -0.458. The number of nitrogens with zero attached hydrogens (tertiary/aromatic N) is 1. The van der Waals surface area contributed by atoms with Gasteiger partial charge in [0.1, 0.15) is 6.04 Å². The summed E-state index contributed by atoms with van der Waals surface area (Å²) in [4.78, 5) is 22.8. The SMILES string of the molecule is COC(=O)C1CN(c2ccccc2)NC(=O)N1. The molecule has 1 aromatic carbocycles. The van der Waals surface area contributed by atoms with E-state index < -0.39 is 18.0 Å². The van der Waals surface area contributed by atoms with Crippen LogP contribution >= 0.6 is 0 Å². The van der Waals surface area contributed by atoms with Gasteiger partial charge in [-0.05, 0) is 12.1 Å². The Morgan fingerprint density at radius 2 is 2.12 bits per heavy atom. The van der Waals surface area contributed by atoms with Gasteiger partial charge in [0, 0.05) is 0 Å². The van der Waals surface area contributed by atoms with Gasteiger partial charge in [-0.1, -0.05) is 18.2 Å². The summed E-state index contributed by atoms with van der Waals surface area (Å²) in [7, 11) is 1.30. The number of carbonyl (C=O) groups is 2. The third-order valence-electron chi connectivity index (χ3n) is 2.46. The fourth-order valence-corrected chi connectivity index (χ4v) is 1.64. The zero-order chi connectivity index (χ0) is 12.3. The maximum atomic E-state index is 11.4. The monoisotopic (exact) mass is 235 g/mol. The number of rotatable bonds is 2. The predicted molar refractivity (Wildman–Crippen MR) is 61.3 cm³/mol. The van der Waals surface area contributed by atoms with E-state index in [4.69, 9.17) is 0 Å². The van der Waals surface area contributed by atoms with Crippen molar-refractivity contribution < 1.29 is 14.3 Å². The van der Waals surface area contributed by atoms with Crippen LogP contribution in [0.5, 0.6) is 0 Å². The largest absolute Gasteiger partial charge is 0.467 e. The third-order valence-corrected chi connectivity index (χ3v) is 2.46. The molecule has 1 heterocycles. The summed E-state index contributed by atoms with van der Waals surface area (Å²) in [6.45, 7) is 0.322. The van der Waals surface area contributed by atoms with Crippen LogP contribution in [0.1, 0.15) is 0 Å². The Hall–Kier alpha value is -2.24. The average Bonchev–Trinajstić information content (AvgIpc) is 2.38. The van der Waals surface area contributed by atoms with Crippen LogP contribution in [0.3, 0.4) is 0 Å². The van der Waals surface area contributed by atoms with Crippen molar-refractivity contribution in [1.82, 2.24) is 10.7 Å². The molecule has 1 aliphatic rings. The third kappa shape index (κ3) is 2.47. The molecule has 1 unspecified atom stereocenters. The zero-order valence-corrected chi connectivity index (χ0v) is 9.34. The molecular weight excluding hydrogens is 222 g/mol. The average molecular weight is 235 g/mol. The minimum Gasteiger partial charge on any atom is -0.467 e. The lowest BCUT2D eigenvalue weighted by molar-refractivity contribution is -0.142. The number of hydrogen-bond acceptors (Lipinski definition) is 4. The molecule has 17 heavy (non-hydrogen) atoms. The first-order valence-corrected chi connectivity index (χ1v) is 5.18. The maximum absolute atomic E-state index is 11.4. The fraction of sp³-hybridized carbons (Fsp3) is 0.273. The lowest BCUT2D eigenvalue weighted by Gasteiger charge is -2.33. The number of hydrazine groups is 1. The topological polar surface area (TPSA) is 70.7 Å². The molecule has 0 aliphatic carbocycles. The van der Waals surface area contributed by atoms with Gasteiger partial charge < -0.3 is 10.1 Å². The van der Waals surface area contributed by atoms with Gasteiger partial charge in [0.15, 0.2) is 0 Å². The molecule has 1 atom stereocenters. The number of urea groups is 1. The van der Waals surface area contributed by atoms with Gasteiger partial charge in [0.25, 0.3) is 0 Å². The molecule has 0 saturated carbocycles. The highest BCUT2D eigenvalue weighted by Gasteiger charge is 2.30. The van der Waals surface area contributed by atoms with Crippen molar-refractivity contribution in [3.05, 3.63) is 30.3 Å². The fourth-order valence-electron chi connectivity index (χ4n) is 1.64. The number of para-hydroxylation sites is 1. The minimum atomic E-state index is -0.658. The number of esters is 1. The van der Waals surface area contributed by atoms with Gasteiger partial charge in [0.2, 0.25) is 0 Å². The molecule has 1 aliphatic heterocycles. The van der Waals surface area contributed by atoms with E-state index in [1.165, 1.54) is 7.11 Å². The summed E-state index contributed by atoms with van der Waals surface area (Å²) in [5.41, 5.74) is 3.43. The summed E-state index contributed by atoms with van der Waals surface area (Å²) >= 11 is 0. The summed E-state index contributed by atoms with van der Waals surface area (Å²) in [5, 5.41) is 4.11. The molecule has 0 spiro atoms. The number of carbonyl (C=O) groups excluding carboxylic acids is 2. The Morgan fingerprint density at radius 3 is 2.76 bits per heavy atom. The van der Waals surface area contributed by atoms with E-state index in [0.717, 1.165) is 5.69 Å². The van der Waals surface area contributed by atoms with Gasteiger partial charge in [-0.3, -0.25) is 5.01 Å². The second kappa shape index (κ2) is 4.73. The first-order chi connectivity index (χ1) is 8.20. The summed E-state index contributed by atoms with van der Waals surface area (Å²) < 4.78 is 4.61. The highest BCUT2D eigenvalue weighted by molar-refractivity contribution is 5.86. The predicted octanol–water partition coefficient (Wildman–Crippen LogP) is 0.262. The Bertz CT molecular complexity index is 421. The van der Waals surface area contributed by atoms with Crippen LogP contribution in [0.25, 0.3) is 0 Å². The van der Waals surface area contributed by atoms with E-state index in [9.17, 15) is 9.59 Å². The van der Waals surface area contributed by atoms with Gasteiger partial charge in [-0.15, -0.1) is 0 Å². The Kier molecular flexibility index (Phi) is 3.13. The van der Waals surface area contributed by atoms with Crippen LogP contribution in [0, 0.1) is 0 Å². The number of nitrogens with one attached hydrogen (secondary N) is 2. The molecule has 1 saturated heterocycles. The van der Waals surface area contributed by atoms with Crippen molar-refractivity contribution in [2.45, 2.75) is 6.04 Å². The lowest BCUT2D eigenvalue weighted by Crippen LogP contribution is -2.63. The van der Waals surface area contributed by atoms with Crippen molar-refractivity contribution >= 4 is 17.7 Å². The molecule has 1 fully saturated rings. The van der Waals surface area contributed by atoms with E-state index in [0.29, 0.717) is 6.54 Å². The molecule has 2 amide bonds. The second-order valence-electron chi connectivity index (χ2n) is 3.61. The molecule has 0 bridgehead atoms. The van der Waals surface area contributed by atoms with E-state index in [1.54, 1.807) is 5.01 Å². The molecule has 2 N–H and O–H groups in total. The highest BCUT2D eigenvalue weighted by Crippen LogP contribution is 2.13. The van der Waals surface area contributed by atoms with E-state index in [-0.39, 0.29) is 0 Å². The van der Waals surface area contributed by atoms with Crippen LogP contribution in [0.2, 0.25) is 0 Å². The molecular formula is C11H13N3O3.